The topological polar surface area (TPSA) is 35.5 Å². The number of hydrogen-bond acceptors (Lipinski definition) is 3. The van der Waals surface area contributed by atoms with E-state index in [0.29, 0.717) is 13.1 Å². The normalized spacial score (nSPS) is 19.1. The number of halogens is 5. The summed E-state index contributed by atoms with van der Waals surface area (Å²) in [5.41, 5.74) is -0.340. The summed E-state index contributed by atoms with van der Waals surface area (Å²) in [7, 11) is 0. The molecule has 3 nitrogen and oxygen atoms in total. The molecule has 0 saturated carbocycles. The average Bonchev–Trinajstić information content (AvgIpc) is 2.39. The van der Waals surface area contributed by atoms with Crippen LogP contribution in [0.1, 0.15) is 11.6 Å². The lowest BCUT2D eigenvalue weighted by Gasteiger charge is -2.36. The number of rotatable bonds is 2. The van der Waals surface area contributed by atoms with Crippen LogP contribution in [0.2, 0.25) is 0 Å². The second-order valence-electron chi connectivity index (χ2n) is 4.53. The number of benzene rings is 1. The third-order valence-corrected chi connectivity index (χ3v) is 3.98. The number of phenols is 1. The number of piperazine rings is 1. The first-order valence-electron chi connectivity index (χ1n) is 6.00. The minimum absolute atomic E-state index is 0.207. The van der Waals surface area contributed by atoms with Crippen LogP contribution in [0.4, 0.5) is 17.6 Å². The fourth-order valence-electron chi connectivity index (χ4n) is 2.30. The molecule has 0 radical (unpaired) electrons. The van der Waals surface area contributed by atoms with Gasteiger partial charge < -0.3 is 10.4 Å². The van der Waals surface area contributed by atoms with Gasteiger partial charge in [-0.1, -0.05) is 6.07 Å². The van der Waals surface area contributed by atoms with Gasteiger partial charge in [0.1, 0.15) is 17.6 Å². The molecular formula is C12H13BrF4N2O. The number of nitrogens with one attached hydrogen (secondary N) is 1. The van der Waals surface area contributed by atoms with Crippen molar-refractivity contribution in [1.82, 2.24) is 10.2 Å². The maximum absolute atomic E-state index is 13.3. The molecular weight excluding hydrogens is 344 g/mol. The molecule has 1 saturated heterocycles. The fraction of sp³-hybridized carbons (Fsp3) is 0.500. The van der Waals surface area contributed by atoms with Gasteiger partial charge in [0.2, 0.25) is 0 Å². The summed E-state index contributed by atoms with van der Waals surface area (Å²) in [6.45, 7) is 1.29. The lowest BCUT2D eigenvalue weighted by molar-refractivity contribution is -0.188. The van der Waals surface area contributed by atoms with Gasteiger partial charge in [-0.25, -0.2) is 4.39 Å². The van der Waals surface area contributed by atoms with E-state index in [1.807, 2.05) is 0 Å². The lowest BCUT2D eigenvalue weighted by atomic mass is 10.0. The van der Waals surface area contributed by atoms with E-state index in [2.05, 4.69) is 21.2 Å². The first-order valence-corrected chi connectivity index (χ1v) is 6.80. The molecule has 8 heteroatoms. The quantitative estimate of drug-likeness (QED) is 0.800. The molecule has 0 aromatic heterocycles. The SMILES string of the molecule is Oc1c([C@@H](N2CCNCC2)C(F)(F)F)ccc(F)c1Br. The molecule has 1 atom stereocenters. The Balaban J connectivity index is 2.44. The molecule has 0 amide bonds. The summed E-state index contributed by atoms with van der Waals surface area (Å²) in [5, 5.41) is 12.8. The van der Waals surface area contributed by atoms with Gasteiger partial charge in [-0.2, -0.15) is 13.2 Å². The van der Waals surface area contributed by atoms with Gasteiger partial charge in [0, 0.05) is 31.7 Å². The van der Waals surface area contributed by atoms with Crippen LogP contribution >= 0.6 is 15.9 Å². The molecule has 0 unspecified atom stereocenters. The van der Waals surface area contributed by atoms with Crippen molar-refractivity contribution in [3.05, 3.63) is 28.0 Å². The van der Waals surface area contributed by atoms with E-state index in [1.54, 1.807) is 0 Å². The van der Waals surface area contributed by atoms with Gasteiger partial charge in [-0.05, 0) is 22.0 Å². The standard InChI is InChI=1S/C12H13BrF4N2O/c13-9-8(14)2-1-7(10(9)20)11(12(15,16)17)19-5-3-18-4-6-19/h1-2,11,18,20H,3-6H2/t11-/m1/s1. The van der Waals surface area contributed by atoms with E-state index >= 15 is 0 Å². The van der Waals surface area contributed by atoms with E-state index < -0.39 is 23.8 Å². The summed E-state index contributed by atoms with van der Waals surface area (Å²) >= 11 is 2.77. The smallest absolute Gasteiger partial charge is 0.408 e. The maximum atomic E-state index is 13.3. The Bertz CT molecular complexity index is 489. The Hall–Kier alpha value is -0.860. The van der Waals surface area contributed by atoms with Crippen molar-refractivity contribution < 1.29 is 22.7 Å². The molecule has 1 aromatic rings. The van der Waals surface area contributed by atoms with Gasteiger partial charge in [-0.3, -0.25) is 4.90 Å². The molecule has 112 valence electrons. The van der Waals surface area contributed by atoms with Gasteiger partial charge in [-0.15, -0.1) is 0 Å². The Morgan fingerprint density at radius 1 is 1.25 bits per heavy atom. The van der Waals surface area contributed by atoms with Crippen molar-refractivity contribution in [3.8, 4) is 5.75 Å². The zero-order valence-electron chi connectivity index (χ0n) is 10.3. The Labute approximate surface area is 121 Å². The predicted octanol–water partition coefficient (Wildman–Crippen LogP) is 2.80. The fourth-order valence-corrected chi connectivity index (χ4v) is 2.66. The third-order valence-electron chi connectivity index (χ3n) is 3.22. The molecule has 1 fully saturated rings. The van der Waals surface area contributed by atoms with Crippen molar-refractivity contribution in [2.75, 3.05) is 26.2 Å². The first-order chi connectivity index (χ1) is 9.32. The second-order valence-corrected chi connectivity index (χ2v) is 5.32. The van der Waals surface area contributed by atoms with Crippen molar-refractivity contribution in [1.29, 1.82) is 0 Å². The highest BCUT2D eigenvalue weighted by Gasteiger charge is 2.46. The van der Waals surface area contributed by atoms with E-state index in [-0.39, 0.29) is 23.1 Å². The molecule has 20 heavy (non-hydrogen) atoms. The van der Waals surface area contributed by atoms with Crippen molar-refractivity contribution in [2.45, 2.75) is 12.2 Å². The van der Waals surface area contributed by atoms with Crippen LogP contribution in [0.25, 0.3) is 0 Å². The molecule has 0 bridgehead atoms. The van der Waals surface area contributed by atoms with E-state index in [4.69, 9.17) is 0 Å². The van der Waals surface area contributed by atoms with Crippen LogP contribution < -0.4 is 5.32 Å². The van der Waals surface area contributed by atoms with Gasteiger partial charge in [0.05, 0.1) is 4.47 Å². The number of phenolic OH excluding ortho intramolecular Hbond substituents is 1. The zero-order valence-corrected chi connectivity index (χ0v) is 11.9. The summed E-state index contributed by atoms with van der Waals surface area (Å²) in [6, 6.07) is -0.0446. The summed E-state index contributed by atoms with van der Waals surface area (Å²) < 4.78 is 52.9. The highest BCUT2D eigenvalue weighted by molar-refractivity contribution is 9.10. The third kappa shape index (κ3) is 3.07. The van der Waals surface area contributed by atoms with Crippen LogP contribution in [0.3, 0.4) is 0 Å². The van der Waals surface area contributed by atoms with Crippen molar-refractivity contribution in [2.24, 2.45) is 0 Å². The maximum Gasteiger partial charge on any atom is 0.408 e. The Morgan fingerprint density at radius 3 is 2.40 bits per heavy atom. The highest BCUT2D eigenvalue weighted by atomic mass is 79.9. The zero-order chi connectivity index (χ0) is 14.9. The molecule has 2 N–H and O–H groups in total. The van der Waals surface area contributed by atoms with Crippen LogP contribution in [0.5, 0.6) is 5.75 Å². The average molecular weight is 357 g/mol. The number of alkyl halides is 3. The summed E-state index contributed by atoms with van der Waals surface area (Å²) in [5.74, 6) is -1.50. The van der Waals surface area contributed by atoms with Crippen LogP contribution in [-0.4, -0.2) is 42.4 Å². The van der Waals surface area contributed by atoms with Crippen LogP contribution in [0, 0.1) is 5.82 Å². The van der Waals surface area contributed by atoms with E-state index in [1.165, 1.54) is 4.90 Å². The highest BCUT2D eigenvalue weighted by Crippen LogP contribution is 2.44. The molecule has 1 aliphatic heterocycles. The minimum Gasteiger partial charge on any atom is -0.506 e. The monoisotopic (exact) mass is 356 g/mol. The first kappa shape index (κ1) is 15.5. The van der Waals surface area contributed by atoms with E-state index in [9.17, 15) is 22.7 Å². The number of aromatic hydroxyl groups is 1. The van der Waals surface area contributed by atoms with Gasteiger partial charge in [0.15, 0.2) is 0 Å². The van der Waals surface area contributed by atoms with E-state index in [0.717, 1.165) is 12.1 Å². The van der Waals surface area contributed by atoms with Gasteiger partial charge >= 0.3 is 6.18 Å². The molecule has 0 aliphatic carbocycles. The summed E-state index contributed by atoms with van der Waals surface area (Å²) in [6.07, 6.45) is -4.55. The molecule has 1 aromatic carbocycles. The molecule has 2 rings (SSSR count). The predicted molar refractivity (Wildman–Crippen MR) is 69.0 cm³/mol. The minimum atomic E-state index is -4.55. The second kappa shape index (κ2) is 5.87. The van der Waals surface area contributed by atoms with Crippen molar-refractivity contribution >= 4 is 15.9 Å². The number of nitrogens with zero attached hydrogens (tertiary/aromatic N) is 1. The van der Waals surface area contributed by atoms with Gasteiger partial charge in [0.25, 0.3) is 0 Å². The molecule has 1 aliphatic rings. The Kier molecular flexibility index (Phi) is 4.55. The molecule has 0 spiro atoms. The van der Waals surface area contributed by atoms with Crippen LogP contribution in [-0.2, 0) is 0 Å². The van der Waals surface area contributed by atoms with Crippen molar-refractivity contribution in [3.63, 3.8) is 0 Å². The van der Waals surface area contributed by atoms with Crippen LogP contribution in [0.15, 0.2) is 16.6 Å². The lowest BCUT2D eigenvalue weighted by Crippen LogP contribution is -2.49. The molecule has 1 heterocycles. The summed E-state index contributed by atoms with van der Waals surface area (Å²) in [4.78, 5) is 1.23. The largest absolute Gasteiger partial charge is 0.506 e. The number of hydrogen-bond donors (Lipinski definition) is 2. The Morgan fingerprint density at radius 2 is 1.85 bits per heavy atom.